The van der Waals surface area contributed by atoms with Crippen molar-refractivity contribution in [1.82, 2.24) is 5.32 Å². The summed E-state index contributed by atoms with van der Waals surface area (Å²) in [5.74, 6) is 1.88. The quantitative estimate of drug-likeness (QED) is 0.526. The van der Waals surface area contributed by atoms with E-state index in [9.17, 15) is 0 Å². The van der Waals surface area contributed by atoms with Gasteiger partial charge in [-0.15, -0.1) is 12.4 Å². The number of hydrogen-bond acceptors (Lipinski definition) is 3. The van der Waals surface area contributed by atoms with Crippen LogP contribution in [0.25, 0.3) is 0 Å². The molecule has 0 atom stereocenters. The number of halogens is 1. The molecule has 1 N–H and O–H groups in total. The van der Waals surface area contributed by atoms with Crippen LogP contribution >= 0.6 is 12.4 Å². The van der Waals surface area contributed by atoms with Crippen LogP contribution in [0.3, 0.4) is 0 Å². The number of nitrogens with one attached hydrogen (secondary N) is 1. The van der Waals surface area contributed by atoms with Gasteiger partial charge in [-0.05, 0) is 36.2 Å². The van der Waals surface area contributed by atoms with E-state index in [2.05, 4.69) is 29.6 Å². The Kier molecular flexibility index (Phi) is 8.69. The number of hydrogen-bond donors (Lipinski definition) is 1. The van der Waals surface area contributed by atoms with E-state index in [4.69, 9.17) is 9.47 Å². The van der Waals surface area contributed by atoms with E-state index in [0.29, 0.717) is 6.61 Å². The first-order chi connectivity index (χ1) is 12.9. The van der Waals surface area contributed by atoms with Gasteiger partial charge in [0.05, 0.1) is 7.11 Å². The van der Waals surface area contributed by atoms with E-state index >= 15 is 0 Å². The molecule has 0 aliphatic rings. The Bertz CT molecular complexity index is 808. The van der Waals surface area contributed by atoms with E-state index in [1.54, 1.807) is 7.11 Å². The maximum Gasteiger partial charge on any atom is 0.124 e. The van der Waals surface area contributed by atoms with E-state index < -0.39 is 0 Å². The van der Waals surface area contributed by atoms with Crippen molar-refractivity contribution in [2.45, 2.75) is 19.6 Å². The van der Waals surface area contributed by atoms with Gasteiger partial charge in [-0.3, -0.25) is 0 Å². The highest BCUT2D eigenvalue weighted by atomic mass is 35.5. The van der Waals surface area contributed by atoms with Crippen LogP contribution in [0.15, 0.2) is 78.9 Å². The van der Waals surface area contributed by atoms with E-state index in [-0.39, 0.29) is 12.4 Å². The van der Waals surface area contributed by atoms with Crippen molar-refractivity contribution in [2.24, 2.45) is 0 Å². The lowest BCUT2D eigenvalue weighted by atomic mass is 10.1. The molecule has 3 aromatic carbocycles. The molecule has 0 radical (unpaired) electrons. The highest BCUT2D eigenvalue weighted by Crippen LogP contribution is 2.20. The average Bonchev–Trinajstić information content (AvgIpc) is 2.71. The minimum absolute atomic E-state index is 0. The lowest BCUT2D eigenvalue weighted by Crippen LogP contribution is -2.17. The molecule has 3 nitrogen and oxygen atoms in total. The summed E-state index contributed by atoms with van der Waals surface area (Å²) in [7, 11) is 1.71. The summed E-state index contributed by atoms with van der Waals surface area (Å²) in [6.45, 7) is 2.24. The summed E-state index contributed by atoms with van der Waals surface area (Å²) < 4.78 is 11.4. The minimum atomic E-state index is 0. The SMILES string of the molecule is COc1ccccc1CCNCc1ccccc1OCc1ccccc1.Cl. The molecule has 0 saturated heterocycles. The van der Waals surface area contributed by atoms with Crippen molar-refractivity contribution in [1.29, 1.82) is 0 Å². The van der Waals surface area contributed by atoms with Crippen LogP contribution in [0.4, 0.5) is 0 Å². The summed E-state index contributed by atoms with van der Waals surface area (Å²) in [5, 5.41) is 3.50. The second-order valence-corrected chi connectivity index (χ2v) is 6.12. The van der Waals surface area contributed by atoms with E-state index in [0.717, 1.165) is 31.0 Å². The monoisotopic (exact) mass is 383 g/mol. The molecule has 0 bridgehead atoms. The standard InChI is InChI=1S/C23H25NO2.ClH/c1-25-22-13-7-5-11-20(22)15-16-24-17-21-12-6-8-14-23(21)26-18-19-9-3-2-4-10-19;/h2-14,24H,15-18H2,1H3;1H. The van der Waals surface area contributed by atoms with Crippen molar-refractivity contribution in [3.05, 3.63) is 95.6 Å². The molecular weight excluding hydrogens is 358 g/mol. The number of methoxy groups -OCH3 is 1. The Morgan fingerprint density at radius 1 is 0.741 bits per heavy atom. The highest BCUT2D eigenvalue weighted by molar-refractivity contribution is 5.85. The fraction of sp³-hybridized carbons (Fsp3) is 0.217. The molecule has 0 unspecified atom stereocenters. The zero-order chi connectivity index (χ0) is 18.0. The van der Waals surface area contributed by atoms with Crippen LogP contribution in [-0.2, 0) is 19.6 Å². The Labute approximate surface area is 167 Å². The van der Waals surface area contributed by atoms with Crippen molar-refractivity contribution in [2.75, 3.05) is 13.7 Å². The predicted octanol–water partition coefficient (Wildman–Crippen LogP) is 5.03. The van der Waals surface area contributed by atoms with Crippen LogP contribution in [0.1, 0.15) is 16.7 Å². The lowest BCUT2D eigenvalue weighted by Gasteiger charge is -2.13. The first-order valence-electron chi connectivity index (χ1n) is 8.94. The summed E-state index contributed by atoms with van der Waals surface area (Å²) in [6, 6.07) is 26.6. The maximum atomic E-state index is 6.02. The number of para-hydroxylation sites is 2. The normalized spacial score (nSPS) is 10.1. The second-order valence-electron chi connectivity index (χ2n) is 6.12. The van der Waals surface area contributed by atoms with Gasteiger partial charge in [-0.25, -0.2) is 0 Å². The molecule has 0 aliphatic carbocycles. The summed E-state index contributed by atoms with van der Waals surface area (Å²) in [5.41, 5.74) is 3.56. The third-order valence-corrected chi connectivity index (χ3v) is 4.29. The van der Waals surface area contributed by atoms with Gasteiger partial charge in [-0.2, -0.15) is 0 Å². The van der Waals surface area contributed by atoms with Crippen LogP contribution < -0.4 is 14.8 Å². The molecule has 4 heteroatoms. The minimum Gasteiger partial charge on any atom is -0.496 e. The third kappa shape index (κ3) is 6.31. The summed E-state index contributed by atoms with van der Waals surface area (Å²) in [6.07, 6.45) is 0.928. The van der Waals surface area contributed by atoms with Gasteiger partial charge in [0, 0.05) is 12.1 Å². The number of ether oxygens (including phenoxy) is 2. The molecule has 27 heavy (non-hydrogen) atoms. The van der Waals surface area contributed by atoms with Gasteiger partial charge in [0.15, 0.2) is 0 Å². The van der Waals surface area contributed by atoms with Crippen molar-refractivity contribution < 1.29 is 9.47 Å². The van der Waals surface area contributed by atoms with Crippen molar-refractivity contribution >= 4 is 12.4 Å². The van der Waals surface area contributed by atoms with Gasteiger partial charge in [0.1, 0.15) is 18.1 Å². The molecule has 0 fully saturated rings. The van der Waals surface area contributed by atoms with Crippen molar-refractivity contribution in [3.63, 3.8) is 0 Å². The number of rotatable bonds is 9. The molecular formula is C23H26ClNO2. The molecule has 3 rings (SSSR count). The molecule has 0 aliphatic heterocycles. The Hall–Kier alpha value is -2.49. The van der Waals surface area contributed by atoms with E-state index in [1.807, 2.05) is 54.6 Å². The molecule has 0 heterocycles. The van der Waals surface area contributed by atoms with E-state index in [1.165, 1.54) is 16.7 Å². The third-order valence-electron chi connectivity index (χ3n) is 4.29. The van der Waals surface area contributed by atoms with Gasteiger partial charge in [0.25, 0.3) is 0 Å². The Morgan fingerprint density at radius 3 is 2.11 bits per heavy atom. The highest BCUT2D eigenvalue weighted by Gasteiger charge is 2.05. The average molecular weight is 384 g/mol. The fourth-order valence-corrected chi connectivity index (χ4v) is 2.88. The van der Waals surface area contributed by atoms with Crippen LogP contribution in [0.5, 0.6) is 11.5 Å². The van der Waals surface area contributed by atoms with Gasteiger partial charge in [-0.1, -0.05) is 66.7 Å². The summed E-state index contributed by atoms with van der Waals surface area (Å²) in [4.78, 5) is 0. The zero-order valence-corrected chi connectivity index (χ0v) is 16.4. The first-order valence-corrected chi connectivity index (χ1v) is 8.94. The topological polar surface area (TPSA) is 30.5 Å². The molecule has 142 valence electrons. The lowest BCUT2D eigenvalue weighted by molar-refractivity contribution is 0.302. The van der Waals surface area contributed by atoms with Gasteiger partial charge < -0.3 is 14.8 Å². The van der Waals surface area contributed by atoms with Gasteiger partial charge in [0.2, 0.25) is 0 Å². The largest absolute Gasteiger partial charge is 0.496 e. The molecule has 3 aromatic rings. The first kappa shape index (κ1) is 20.8. The smallest absolute Gasteiger partial charge is 0.124 e. The summed E-state index contributed by atoms with van der Waals surface area (Å²) >= 11 is 0. The Morgan fingerprint density at radius 2 is 1.37 bits per heavy atom. The zero-order valence-electron chi connectivity index (χ0n) is 15.6. The molecule has 0 spiro atoms. The van der Waals surface area contributed by atoms with Gasteiger partial charge >= 0.3 is 0 Å². The molecule has 0 aromatic heterocycles. The van der Waals surface area contributed by atoms with Crippen molar-refractivity contribution in [3.8, 4) is 11.5 Å². The fourth-order valence-electron chi connectivity index (χ4n) is 2.88. The molecule has 0 saturated carbocycles. The van der Waals surface area contributed by atoms with Crippen LogP contribution in [0, 0.1) is 0 Å². The molecule has 0 amide bonds. The van der Waals surface area contributed by atoms with Crippen LogP contribution in [-0.4, -0.2) is 13.7 Å². The predicted molar refractivity (Wildman–Crippen MR) is 113 cm³/mol. The second kappa shape index (κ2) is 11.3. The van der Waals surface area contributed by atoms with Crippen LogP contribution in [0.2, 0.25) is 0 Å². The Balaban J connectivity index is 0.00000261. The number of benzene rings is 3. The maximum absolute atomic E-state index is 6.02.